The zero-order valence-corrected chi connectivity index (χ0v) is 23.0. The fourth-order valence-corrected chi connectivity index (χ4v) is 5.65. The largest absolute Gasteiger partial charge is 0.488 e. The number of rotatable bonds is 8. The molecule has 2 aromatic heterocycles. The summed E-state index contributed by atoms with van der Waals surface area (Å²) in [4.78, 5) is 18.7. The van der Waals surface area contributed by atoms with E-state index >= 15 is 4.39 Å². The van der Waals surface area contributed by atoms with Gasteiger partial charge in [0, 0.05) is 36.9 Å². The first-order chi connectivity index (χ1) is 19.9. The van der Waals surface area contributed by atoms with Crippen molar-refractivity contribution in [1.82, 2.24) is 19.7 Å². The van der Waals surface area contributed by atoms with Crippen LogP contribution in [0.15, 0.2) is 54.7 Å². The van der Waals surface area contributed by atoms with Crippen molar-refractivity contribution in [1.29, 1.82) is 0 Å². The first-order valence-corrected chi connectivity index (χ1v) is 13.6. The SMILES string of the molecule is COc1c(C(=O)O)cnn1-c1cccc(-c2cccc(C)c2OCc2ccc3c(c2F)CCN([C@@H]2CCOC2)C3)n1. The number of pyridine rings is 1. The van der Waals surface area contributed by atoms with E-state index in [1.165, 1.54) is 18.0 Å². The second-order valence-electron chi connectivity index (χ2n) is 10.3. The summed E-state index contributed by atoms with van der Waals surface area (Å²) in [7, 11) is 1.39. The molecule has 4 aromatic rings. The van der Waals surface area contributed by atoms with Crippen molar-refractivity contribution in [2.45, 2.75) is 39.0 Å². The predicted molar refractivity (Wildman–Crippen MR) is 149 cm³/mol. The van der Waals surface area contributed by atoms with E-state index < -0.39 is 5.97 Å². The standard InChI is InChI=1S/C31H31FN4O5/c1-19-5-3-6-24(26-7-4-8-27(34-26)36-30(39-2)25(15-33-36)31(37)38)29(19)41-17-21-10-9-20-16-35(22-12-14-40-18-22)13-11-23(20)28(21)32/h3-10,15,22H,11-14,16-18H2,1-2H3,(H,37,38)/t22-/m1/s1. The highest BCUT2D eigenvalue weighted by atomic mass is 19.1. The molecule has 2 aromatic carbocycles. The lowest BCUT2D eigenvalue weighted by Gasteiger charge is -2.33. The van der Waals surface area contributed by atoms with Crippen LogP contribution in [0.2, 0.25) is 0 Å². The number of aromatic nitrogens is 3. The molecule has 4 heterocycles. The highest BCUT2D eigenvalue weighted by Crippen LogP contribution is 2.34. The molecule has 1 N–H and O–H groups in total. The van der Waals surface area contributed by atoms with Crippen LogP contribution in [0.25, 0.3) is 17.1 Å². The van der Waals surface area contributed by atoms with Crippen LogP contribution >= 0.6 is 0 Å². The molecule has 1 saturated heterocycles. The highest BCUT2D eigenvalue weighted by Gasteiger charge is 2.28. The molecule has 0 aliphatic carbocycles. The maximum atomic E-state index is 15.7. The number of hydrogen-bond acceptors (Lipinski definition) is 7. The van der Waals surface area contributed by atoms with E-state index in [1.54, 1.807) is 12.1 Å². The number of fused-ring (bicyclic) bond motifs is 1. The molecule has 1 fully saturated rings. The number of methoxy groups -OCH3 is 1. The summed E-state index contributed by atoms with van der Waals surface area (Å²) < 4.78 is 34.1. The van der Waals surface area contributed by atoms with Crippen molar-refractivity contribution in [2.75, 3.05) is 26.9 Å². The summed E-state index contributed by atoms with van der Waals surface area (Å²) in [6, 6.07) is 15.3. The topological polar surface area (TPSA) is 98.9 Å². The molecule has 2 aliphatic rings. The maximum Gasteiger partial charge on any atom is 0.342 e. The minimum Gasteiger partial charge on any atom is -0.488 e. The smallest absolute Gasteiger partial charge is 0.342 e. The minimum atomic E-state index is -1.14. The number of halogens is 1. The van der Waals surface area contributed by atoms with Crippen molar-refractivity contribution >= 4 is 5.97 Å². The normalized spacial score (nSPS) is 16.9. The third kappa shape index (κ3) is 5.16. The summed E-state index contributed by atoms with van der Waals surface area (Å²) in [6.07, 6.45) is 2.92. The van der Waals surface area contributed by atoms with E-state index in [2.05, 4.69) is 10.00 Å². The molecule has 212 valence electrons. The zero-order chi connectivity index (χ0) is 28.5. The van der Waals surface area contributed by atoms with Gasteiger partial charge in [0.15, 0.2) is 5.82 Å². The third-order valence-electron chi connectivity index (χ3n) is 7.82. The van der Waals surface area contributed by atoms with Gasteiger partial charge in [-0.3, -0.25) is 4.90 Å². The van der Waals surface area contributed by atoms with Gasteiger partial charge in [-0.05, 0) is 54.7 Å². The number of ether oxygens (including phenoxy) is 3. The summed E-state index contributed by atoms with van der Waals surface area (Å²) >= 11 is 0. The first-order valence-electron chi connectivity index (χ1n) is 13.6. The third-order valence-corrected chi connectivity index (χ3v) is 7.82. The summed E-state index contributed by atoms with van der Waals surface area (Å²) in [6.45, 7) is 5.11. The van der Waals surface area contributed by atoms with Gasteiger partial charge in [0.25, 0.3) is 0 Å². The molecule has 0 unspecified atom stereocenters. The van der Waals surface area contributed by atoms with Crippen molar-refractivity contribution in [3.8, 4) is 28.7 Å². The van der Waals surface area contributed by atoms with Crippen molar-refractivity contribution in [3.63, 3.8) is 0 Å². The van der Waals surface area contributed by atoms with E-state index in [9.17, 15) is 9.90 Å². The Morgan fingerprint density at radius 3 is 2.83 bits per heavy atom. The molecular weight excluding hydrogens is 527 g/mol. The van der Waals surface area contributed by atoms with Crippen LogP contribution in [0.1, 0.15) is 39.0 Å². The molecule has 0 spiro atoms. The van der Waals surface area contributed by atoms with Crippen LogP contribution in [0.3, 0.4) is 0 Å². The van der Waals surface area contributed by atoms with E-state index in [0.717, 1.165) is 55.0 Å². The maximum absolute atomic E-state index is 15.7. The molecule has 0 bridgehead atoms. The summed E-state index contributed by atoms with van der Waals surface area (Å²) in [5.41, 5.74) is 4.46. The minimum absolute atomic E-state index is 0.0633. The van der Waals surface area contributed by atoms with Gasteiger partial charge >= 0.3 is 5.97 Å². The van der Waals surface area contributed by atoms with Crippen molar-refractivity contribution < 1.29 is 28.5 Å². The van der Waals surface area contributed by atoms with Gasteiger partial charge in [-0.15, -0.1) is 0 Å². The Bertz CT molecular complexity index is 1600. The van der Waals surface area contributed by atoms with E-state index in [0.29, 0.717) is 35.3 Å². The fraction of sp³-hybridized carbons (Fsp3) is 0.323. The van der Waals surface area contributed by atoms with Gasteiger partial charge in [0.1, 0.15) is 23.7 Å². The first kappa shape index (κ1) is 26.9. The number of aryl methyl sites for hydroxylation is 1. The Kier molecular flexibility index (Phi) is 7.42. The van der Waals surface area contributed by atoms with Crippen molar-refractivity contribution in [2.24, 2.45) is 0 Å². The van der Waals surface area contributed by atoms with Gasteiger partial charge in [0.05, 0.1) is 25.6 Å². The van der Waals surface area contributed by atoms with E-state index in [4.69, 9.17) is 19.2 Å². The lowest BCUT2D eigenvalue weighted by molar-refractivity contribution is 0.0693. The molecule has 0 saturated carbocycles. The van der Waals surface area contributed by atoms with Crippen LogP contribution in [0, 0.1) is 12.7 Å². The average Bonchev–Trinajstić information content (AvgIpc) is 3.68. The molecular formula is C31H31FN4O5. The lowest BCUT2D eigenvalue weighted by Crippen LogP contribution is -2.40. The Hall–Kier alpha value is -4.28. The van der Waals surface area contributed by atoms with E-state index in [-0.39, 0.29) is 23.9 Å². The van der Waals surface area contributed by atoms with Crippen LogP contribution in [-0.4, -0.2) is 63.7 Å². The summed E-state index contributed by atoms with van der Waals surface area (Å²) in [5.74, 6) is -0.280. The molecule has 41 heavy (non-hydrogen) atoms. The molecule has 9 nitrogen and oxygen atoms in total. The zero-order valence-electron chi connectivity index (χ0n) is 23.0. The average molecular weight is 559 g/mol. The van der Waals surface area contributed by atoms with Gasteiger partial charge in [-0.1, -0.05) is 30.3 Å². The van der Waals surface area contributed by atoms with E-state index in [1.807, 2.05) is 43.3 Å². The number of aromatic carboxylic acids is 1. The van der Waals surface area contributed by atoms with Gasteiger partial charge in [0.2, 0.25) is 5.88 Å². The van der Waals surface area contributed by atoms with Crippen molar-refractivity contribution in [3.05, 3.63) is 88.4 Å². The second-order valence-corrected chi connectivity index (χ2v) is 10.3. The Balaban J connectivity index is 1.25. The number of carboxylic acid groups (broad SMARTS) is 1. The number of hydrogen-bond donors (Lipinski definition) is 1. The van der Waals surface area contributed by atoms with Crippen LogP contribution < -0.4 is 9.47 Å². The quantitative estimate of drug-likeness (QED) is 0.329. The van der Waals surface area contributed by atoms with Crippen LogP contribution in [-0.2, 0) is 24.3 Å². The van der Waals surface area contributed by atoms with Gasteiger partial charge in [-0.2, -0.15) is 9.78 Å². The number of carbonyl (C=O) groups is 1. The molecule has 6 rings (SSSR count). The molecule has 2 aliphatic heterocycles. The molecule has 0 radical (unpaired) electrons. The fourth-order valence-electron chi connectivity index (χ4n) is 5.65. The number of para-hydroxylation sites is 1. The lowest BCUT2D eigenvalue weighted by atomic mass is 9.95. The van der Waals surface area contributed by atoms with Crippen LogP contribution in [0.5, 0.6) is 11.6 Å². The molecule has 1 atom stereocenters. The highest BCUT2D eigenvalue weighted by molar-refractivity contribution is 5.90. The number of carboxylic acids is 1. The van der Waals surface area contributed by atoms with Gasteiger partial charge in [-0.25, -0.2) is 14.2 Å². The molecule has 0 amide bonds. The predicted octanol–water partition coefficient (Wildman–Crippen LogP) is 4.81. The Labute approximate surface area is 237 Å². The van der Waals surface area contributed by atoms with Gasteiger partial charge < -0.3 is 19.3 Å². The second kappa shape index (κ2) is 11.3. The Morgan fingerprint density at radius 1 is 1.20 bits per heavy atom. The van der Waals surface area contributed by atoms with Crippen LogP contribution in [0.4, 0.5) is 4.39 Å². The monoisotopic (exact) mass is 558 g/mol. The number of nitrogens with zero attached hydrogens (tertiary/aromatic N) is 4. The Morgan fingerprint density at radius 2 is 2.05 bits per heavy atom. The summed E-state index contributed by atoms with van der Waals surface area (Å²) in [5, 5.41) is 13.6. The number of benzene rings is 2. The molecule has 10 heteroatoms.